The molecule has 3 amide bonds. The van der Waals surface area contributed by atoms with Crippen LogP contribution < -0.4 is 10.1 Å². The molecule has 1 aromatic carbocycles. The van der Waals surface area contributed by atoms with Crippen molar-refractivity contribution >= 4 is 35.2 Å². The maximum absolute atomic E-state index is 12.5. The Labute approximate surface area is 201 Å². The fourth-order valence-electron chi connectivity index (χ4n) is 3.62. The summed E-state index contributed by atoms with van der Waals surface area (Å²) in [6.07, 6.45) is 1.57. The number of hydrogen-bond donors (Lipinski definition) is 1. The number of nitrogens with one attached hydrogen (secondary N) is 1. The van der Waals surface area contributed by atoms with Crippen LogP contribution >= 0.6 is 11.6 Å². The lowest BCUT2D eigenvalue weighted by Gasteiger charge is -2.33. The number of likely N-dealkylation sites (N-methyl/N-ethyl adjacent to an activating group) is 1. The Hall–Kier alpha value is -2.48. The van der Waals surface area contributed by atoms with Gasteiger partial charge in [0.25, 0.3) is 5.91 Å². The normalized spacial score (nSPS) is 14.5. The average Bonchev–Trinajstić information content (AvgIpc) is 2.73. The smallest absolute Gasteiger partial charge is 0.410 e. The van der Waals surface area contributed by atoms with Crippen molar-refractivity contribution in [3.8, 4) is 5.75 Å². The molecule has 1 fully saturated rings. The van der Waals surface area contributed by atoms with Gasteiger partial charge in [0.2, 0.25) is 5.91 Å². The second-order valence-electron chi connectivity index (χ2n) is 9.16. The summed E-state index contributed by atoms with van der Waals surface area (Å²) in [6.45, 7) is 11.7. The molecule has 8 nitrogen and oxygen atoms in total. The van der Waals surface area contributed by atoms with Crippen LogP contribution in [0.5, 0.6) is 5.75 Å². The molecule has 0 radical (unpaired) electrons. The summed E-state index contributed by atoms with van der Waals surface area (Å²) in [4.78, 5) is 40.1. The molecular formula is C24H36ClN3O5. The van der Waals surface area contributed by atoms with Crippen LogP contribution in [-0.2, 0) is 14.3 Å². The highest BCUT2D eigenvalue weighted by atomic mass is 35.5. The molecule has 1 aromatic rings. The van der Waals surface area contributed by atoms with E-state index in [0.717, 1.165) is 12.8 Å². The number of piperidine rings is 1. The van der Waals surface area contributed by atoms with Crippen molar-refractivity contribution in [3.05, 3.63) is 23.2 Å². The number of nitrogens with zero attached hydrogens (tertiary/aromatic N) is 2. The first kappa shape index (κ1) is 26.8. The van der Waals surface area contributed by atoms with E-state index in [1.807, 2.05) is 34.6 Å². The van der Waals surface area contributed by atoms with Gasteiger partial charge < -0.3 is 24.6 Å². The van der Waals surface area contributed by atoms with Gasteiger partial charge in [-0.05, 0) is 71.6 Å². The highest BCUT2D eigenvalue weighted by Crippen LogP contribution is 2.28. The van der Waals surface area contributed by atoms with E-state index in [4.69, 9.17) is 21.1 Å². The first-order valence-corrected chi connectivity index (χ1v) is 11.9. The molecule has 9 heteroatoms. The monoisotopic (exact) mass is 481 g/mol. The van der Waals surface area contributed by atoms with Gasteiger partial charge in [-0.15, -0.1) is 0 Å². The van der Waals surface area contributed by atoms with Crippen LogP contribution in [0, 0.1) is 5.92 Å². The van der Waals surface area contributed by atoms with Crippen molar-refractivity contribution in [2.75, 3.05) is 38.1 Å². The first-order valence-electron chi connectivity index (χ1n) is 11.5. The predicted octanol–water partition coefficient (Wildman–Crippen LogP) is 4.56. The second kappa shape index (κ2) is 12.1. The third-order valence-corrected chi connectivity index (χ3v) is 5.72. The van der Waals surface area contributed by atoms with Crippen molar-refractivity contribution in [1.29, 1.82) is 0 Å². The van der Waals surface area contributed by atoms with Gasteiger partial charge in [-0.25, -0.2) is 4.79 Å². The van der Waals surface area contributed by atoms with Gasteiger partial charge in [0.05, 0.1) is 5.02 Å². The average molecular weight is 482 g/mol. The van der Waals surface area contributed by atoms with Crippen LogP contribution in [0.2, 0.25) is 5.02 Å². The summed E-state index contributed by atoms with van der Waals surface area (Å²) < 4.78 is 11.0. The van der Waals surface area contributed by atoms with Crippen LogP contribution in [0.3, 0.4) is 0 Å². The van der Waals surface area contributed by atoms with E-state index < -0.39 is 5.60 Å². The molecule has 0 unspecified atom stereocenters. The number of ether oxygens (including phenoxy) is 2. The fraction of sp³-hybridized carbons (Fsp3) is 0.625. The lowest BCUT2D eigenvalue weighted by molar-refractivity contribution is -0.133. The Kier molecular flexibility index (Phi) is 9.83. The molecule has 1 saturated heterocycles. The minimum atomic E-state index is -0.517. The molecule has 33 heavy (non-hydrogen) atoms. The number of halogens is 1. The number of carbonyl (C=O) groups is 3. The van der Waals surface area contributed by atoms with Crippen LogP contribution in [0.15, 0.2) is 18.2 Å². The Bertz CT molecular complexity index is 828. The van der Waals surface area contributed by atoms with Crippen molar-refractivity contribution < 1.29 is 23.9 Å². The molecule has 0 spiro atoms. The van der Waals surface area contributed by atoms with E-state index >= 15 is 0 Å². The van der Waals surface area contributed by atoms with Gasteiger partial charge in [-0.3, -0.25) is 9.59 Å². The third kappa shape index (κ3) is 8.76. The highest BCUT2D eigenvalue weighted by molar-refractivity contribution is 6.32. The number of amides is 3. The van der Waals surface area contributed by atoms with E-state index in [9.17, 15) is 14.4 Å². The number of hydrogen-bond acceptors (Lipinski definition) is 5. The van der Waals surface area contributed by atoms with Gasteiger partial charge in [-0.1, -0.05) is 11.6 Å². The van der Waals surface area contributed by atoms with E-state index in [1.54, 1.807) is 28.0 Å². The molecule has 1 aliphatic heterocycles. The zero-order chi connectivity index (χ0) is 24.6. The molecule has 0 aromatic heterocycles. The van der Waals surface area contributed by atoms with Gasteiger partial charge in [-0.2, -0.15) is 0 Å². The van der Waals surface area contributed by atoms with Crippen molar-refractivity contribution in [1.82, 2.24) is 9.80 Å². The molecule has 0 atom stereocenters. The summed E-state index contributed by atoms with van der Waals surface area (Å²) >= 11 is 6.28. The van der Waals surface area contributed by atoms with Crippen LogP contribution in [0.4, 0.5) is 10.5 Å². The lowest BCUT2D eigenvalue weighted by Crippen LogP contribution is -2.42. The maximum Gasteiger partial charge on any atom is 0.410 e. The van der Waals surface area contributed by atoms with Crippen molar-refractivity contribution in [2.45, 2.75) is 59.5 Å². The predicted molar refractivity (Wildman–Crippen MR) is 129 cm³/mol. The third-order valence-electron chi connectivity index (χ3n) is 5.42. The first-order chi connectivity index (χ1) is 15.5. The van der Waals surface area contributed by atoms with E-state index in [-0.39, 0.29) is 30.4 Å². The number of likely N-dealkylation sites (tertiary alicyclic amines) is 1. The maximum atomic E-state index is 12.5. The minimum absolute atomic E-state index is 0.0882. The van der Waals surface area contributed by atoms with Gasteiger partial charge in [0.1, 0.15) is 11.4 Å². The van der Waals surface area contributed by atoms with E-state index in [1.165, 1.54) is 0 Å². The Morgan fingerprint density at radius 2 is 1.79 bits per heavy atom. The molecule has 2 rings (SSSR count). The van der Waals surface area contributed by atoms with Crippen LogP contribution in [-0.4, -0.2) is 66.1 Å². The minimum Gasteiger partial charge on any atom is -0.482 e. The molecule has 0 bridgehead atoms. The Morgan fingerprint density at radius 3 is 2.33 bits per heavy atom. The Balaban J connectivity index is 1.80. The largest absolute Gasteiger partial charge is 0.482 e. The molecular weight excluding hydrogens is 446 g/mol. The zero-order valence-corrected chi connectivity index (χ0v) is 21.0. The summed E-state index contributed by atoms with van der Waals surface area (Å²) in [5, 5.41) is 3.19. The second-order valence-corrected chi connectivity index (χ2v) is 9.57. The highest BCUT2D eigenvalue weighted by Gasteiger charge is 2.27. The standard InChI is InChI=1S/C24H36ClN3O5/c1-6-27(7-2)22(30)16-32-20-9-8-18(15-19(20)25)26-21(29)14-17-10-12-28(13-11-17)23(31)33-24(3,4)5/h8-9,15,17H,6-7,10-14,16H2,1-5H3,(H,26,29). The lowest BCUT2D eigenvalue weighted by atomic mass is 9.93. The number of anilines is 1. The molecule has 1 aliphatic rings. The molecule has 1 N–H and O–H groups in total. The fourth-order valence-corrected chi connectivity index (χ4v) is 3.86. The van der Waals surface area contributed by atoms with Crippen LogP contribution in [0.25, 0.3) is 0 Å². The number of carbonyl (C=O) groups excluding carboxylic acids is 3. The molecule has 184 valence electrons. The topological polar surface area (TPSA) is 88.2 Å². The van der Waals surface area contributed by atoms with Gasteiger partial charge in [0, 0.05) is 38.3 Å². The van der Waals surface area contributed by atoms with Crippen LogP contribution in [0.1, 0.15) is 53.9 Å². The van der Waals surface area contributed by atoms with Crippen molar-refractivity contribution in [3.63, 3.8) is 0 Å². The number of rotatable bonds is 8. The summed E-state index contributed by atoms with van der Waals surface area (Å²) in [5.74, 6) is 0.385. The molecule has 0 saturated carbocycles. The number of benzene rings is 1. The molecule has 1 heterocycles. The Morgan fingerprint density at radius 1 is 1.15 bits per heavy atom. The van der Waals surface area contributed by atoms with E-state index in [2.05, 4.69) is 5.32 Å². The summed E-state index contributed by atoms with van der Waals surface area (Å²) in [5.41, 5.74) is 0.0509. The van der Waals surface area contributed by atoms with Crippen molar-refractivity contribution in [2.24, 2.45) is 5.92 Å². The summed E-state index contributed by atoms with van der Waals surface area (Å²) in [7, 11) is 0. The summed E-state index contributed by atoms with van der Waals surface area (Å²) in [6, 6.07) is 4.96. The SMILES string of the molecule is CCN(CC)C(=O)COc1ccc(NC(=O)CC2CCN(C(=O)OC(C)(C)C)CC2)cc1Cl. The van der Waals surface area contributed by atoms with Gasteiger partial charge in [0.15, 0.2) is 6.61 Å². The van der Waals surface area contributed by atoms with E-state index in [0.29, 0.717) is 49.1 Å². The molecule has 0 aliphatic carbocycles. The van der Waals surface area contributed by atoms with Gasteiger partial charge >= 0.3 is 6.09 Å². The zero-order valence-electron chi connectivity index (χ0n) is 20.3. The quantitative estimate of drug-likeness (QED) is 0.587.